The highest BCUT2D eigenvalue weighted by atomic mass is 16.5. The third kappa shape index (κ3) is 25.8. The van der Waals surface area contributed by atoms with E-state index < -0.39 is 11.9 Å². The molecule has 0 aromatic rings. The molecule has 1 N–H and O–H groups in total. The number of allylic oxidation sites excluding steroid dienone is 2. The first-order valence-electron chi connectivity index (χ1n) is 15.6. The lowest BCUT2D eigenvalue weighted by atomic mass is 9.97. The number of carboxylic acids is 1. The molecule has 0 aromatic carbocycles. The second kappa shape index (κ2) is 28.3. The van der Waals surface area contributed by atoms with Crippen molar-refractivity contribution in [1.29, 1.82) is 0 Å². The summed E-state index contributed by atoms with van der Waals surface area (Å²) in [4.78, 5) is 23.0. The monoisotopic (exact) mass is 508 g/mol. The van der Waals surface area contributed by atoms with Gasteiger partial charge in [-0.3, -0.25) is 9.59 Å². The smallest absolute Gasteiger partial charge is 0.309 e. The minimum Gasteiger partial charge on any atom is -0.481 e. The van der Waals surface area contributed by atoms with Gasteiger partial charge < -0.3 is 9.84 Å². The molecular formula is C32H60O4. The second-order valence-electron chi connectivity index (χ2n) is 10.7. The first-order chi connectivity index (χ1) is 17.6. The highest BCUT2D eigenvalue weighted by molar-refractivity contribution is 5.79. The molecule has 0 amide bonds. The van der Waals surface area contributed by atoms with E-state index >= 15 is 0 Å². The molecule has 4 nitrogen and oxygen atoms in total. The lowest BCUT2D eigenvalue weighted by Gasteiger charge is -2.13. The fourth-order valence-corrected chi connectivity index (χ4v) is 4.71. The van der Waals surface area contributed by atoms with Crippen LogP contribution in [0.5, 0.6) is 0 Å². The Kier molecular flexibility index (Phi) is 27.2. The first-order valence-corrected chi connectivity index (χ1v) is 15.6. The van der Waals surface area contributed by atoms with E-state index in [2.05, 4.69) is 19.1 Å². The van der Waals surface area contributed by atoms with E-state index in [0.29, 0.717) is 13.0 Å². The first kappa shape index (κ1) is 34.7. The Morgan fingerprint density at radius 2 is 1.03 bits per heavy atom. The van der Waals surface area contributed by atoms with Crippen molar-refractivity contribution in [2.24, 2.45) is 5.92 Å². The summed E-state index contributed by atoms with van der Waals surface area (Å²) in [5.74, 6) is -1.75. The summed E-state index contributed by atoms with van der Waals surface area (Å²) in [7, 11) is 0. The SMILES string of the molecule is CCCCCCCCCCCCCC/C=C/CCCCCCCCCC(CC(=O)O)C(=O)OCCC. The third-order valence-electron chi connectivity index (χ3n) is 7.02. The molecule has 0 radical (unpaired) electrons. The maximum atomic E-state index is 12.0. The predicted octanol–water partition coefficient (Wildman–Crippen LogP) is 10.2. The predicted molar refractivity (Wildman–Crippen MR) is 153 cm³/mol. The van der Waals surface area contributed by atoms with E-state index in [4.69, 9.17) is 9.84 Å². The van der Waals surface area contributed by atoms with Crippen molar-refractivity contribution < 1.29 is 19.4 Å². The number of hydrogen-bond donors (Lipinski definition) is 1. The van der Waals surface area contributed by atoms with Crippen LogP contribution in [0.2, 0.25) is 0 Å². The summed E-state index contributed by atoms with van der Waals surface area (Å²) in [6, 6.07) is 0. The van der Waals surface area contributed by atoms with Crippen molar-refractivity contribution in [3.8, 4) is 0 Å². The largest absolute Gasteiger partial charge is 0.481 e. The molecule has 0 saturated heterocycles. The highest BCUT2D eigenvalue weighted by Crippen LogP contribution is 2.18. The van der Waals surface area contributed by atoms with Crippen LogP contribution in [0.4, 0.5) is 0 Å². The van der Waals surface area contributed by atoms with Gasteiger partial charge in [-0.1, -0.05) is 135 Å². The molecule has 36 heavy (non-hydrogen) atoms. The van der Waals surface area contributed by atoms with E-state index in [9.17, 15) is 9.59 Å². The normalized spacial score (nSPS) is 12.3. The number of esters is 1. The van der Waals surface area contributed by atoms with Crippen LogP contribution in [0.15, 0.2) is 12.2 Å². The van der Waals surface area contributed by atoms with Crippen molar-refractivity contribution in [3.63, 3.8) is 0 Å². The van der Waals surface area contributed by atoms with Gasteiger partial charge in [0.15, 0.2) is 0 Å². The Bertz CT molecular complexity index is 514. The zero-order valence-electron chi connectivity index (χ0n) is 24.1. The Balaban J connectivity index is 3.41. The van der Waals surface area contributed by atoms with E-state index in [-0.39, 0.29) is 12.4 Å². The number of unbranched alkanes of at least 4 members (excludes halogenated alkanes) is 19. The molecule has 0 fully saturated rings. The van der Waals surface area contributed by atoms with Crippen molar-refractivity contribution in [2.75, 3.05) is 6.61 Å². The Hall–Kier alpha value is -1.32. The molecule has 212 valence electrons. The summed E-state index contributed by atoms with van der Waals surface area (Å²) in [5, 5.41) is 9.03. The molecule has 0 saturated carbocycles. The third-order valence-corrected chi connectivity index (χ3v) is 7.02. The summed E-state index contributed by atoms with van der Waals surface area (Å²) in [6.07, 6.45) is 33.6. The van der Waals surface area contributed by atoms with E-state index in [1.807, 2.05) is 6.92 Å². The fourth-order valence-electron chi connectivity index (χ4n) is 4.71. The van der Waals surface area contributed by atoms with E-state index in [1.165, 1.54) is 122 Å². The minimum atomic E-state index is -0.920. The number of carboxylic acid groups (broad SMARTS) is 1. The topological polar surface area (TPSA) is 63.6 Å². The van der Waals surface area contributed by atoms with Crippen LogP contribution in [0.1, 0.15) is 168 Å². The van der Waals surface area contributed by atoms with Crippen molar-refractivity contribution in [3.05, 3.63) is 12.2 Å². The van der Waals surface area contributed by atoms with Crippen molar-refractivity contribution in [1.82, 2.24) is 0 Å². The molecule has 0 aromatic heterocycles. The van der Waals surface area contributed by atoms with Crippen LogP contribution in [0, 0.1) is 5.92 Å². The molecule has 0 aliphatic rings. The zero-order chi connectivity index (χ0) is 26.5. The standard InChI is InChI=1S/C32H60O4/c1-3-5-6-7-8-9-10-11-12-13-14-15-16-17-18-19-20-21-22-23-24-25-26-27-30(29-31(33)34)32(35)36-28-4-2/h17-18,30H,3-16,19-29H2,1-2H3,(H,33,34)/b18-17+. The molecule has 1 unspecified atom stereocenters. The highest BCUT2D eigenvalue weighted by Gasteiger charge is 2.22. The molecule has 0 spiro atoms. The summed E-state index contributed by atoms with van der Waals surface area (Å²) < 4.78 is 5.15. The number of aliphatic carboxylic acids is 1. The average molecular weight is 509 g/mol. The van der Waals surface area contributed by atoms with Crippen LogP contribution in [0.25, 0.3) is 0 Å². The quantitative estimate of drug-likeness (QED) is 0.0648. The fraction of sp³-hybridized carbons (Fsp3) is 0.875. The van der Waals surface area contributed by atoms with E-state index in [0.717, 1.165) is 19.3 Å². The summed E-state index contributed by atoms with van der Waals surface area (Å²) >= 11 is 0. The number of ether oxygens (including phenoxy) is 1. The van der Waals surface area contributed by atoms with Crippen LogP contribution >= 0.6 is 0 Å². The van der Waals surface area contributed by atoms with E-state index in [1.54, 1.807) is 0 Å². The van der Waals surface area contributed by atoms with Gasteiger partial charge in [-0.05, 0) is 38.5 Å². The molecule has 0 rings (SSSR count). The lowest BCUT2D eigenvalue weighted by molar-refractivity contribution is -0.153. The van der Waals surface area contributed by atoms with Gasteiger partial charge in [0.1, 0.15) is 0 Å². The Morgan fingerprint density at radius 1 is 0.611 bits per heavy atom. The van der Waals surface area contributed by atoms with Crippen molar-refractivity contribution in [2.45, 2.75) is 168 Å². The zero-order valence-corrected chi connectivity index (χ0v) is 24.1. The maximum absolute atomic E-state index is 12.0. The number of carbonyl (C=O) groups excluding carboxylic acids is 1. The molecule has 1 atom stereocenters. The minimum absolute atomic E-state index is 0.116. The molecule has 0 heterocycles. The Morgan fingerprint density at radius 3 is 1.44 bits per heavy atom. The average Bonchev–Trinajstić information content (AvgIpc) is 2.86. The van der Waals surface area contributed by atoms with Gasteiger partial charge in [0.05, 0.1) is 18.9 Å². The molecule has 0 aliphatic heterocycles. The van der Waals surface area contributed by atoms with Gasteiger partial charge in [0.2, 0.25) is 0 Å². The molecular weight excluding hydrogens is 448 g/mol. The van der Waals surface area contributed by atoms with Crippen LogP contribution in [-0.2, 0) is 14.3 Å². The lowest BCUT2D eigenvalue weighted by Crippen LogP contribution is -2.21. The number of hydrogen-bond acceptors (Lipinski definition) is 3. The van der Waals surface area contributed by atoms with Crippen LogP contribution in [0.3, 0.4) is 0 Å². The number of rotatable bonds is 28. The summed E-state index contributed by atoms with van der Waals surface area (Å²) in [5.41, 5.74) is 0. The van der Waals surface area contributed by atoms with Gasteiger partial charge in [-0.25, -0.2) is 0 Å². The summed E-state index contributed by atoms with van der Waals surface area (Å²) in [6.45, 7) is 4.60. The maximum Gasteiger partial charge on any atom is 0.309 e. The van der Waals surface area contributed by atoms with Gasteiger partial charge in [0.25, 0.3) is 0 Å². The van der Waals surface area contributed by atoms with Crippen LogP contribution < -0.4 is 0 Å². The van der Waals surface area contributed by atoms with Gasteiger partial charge in [0, 0.05) is 0 Å². The number of carbonyl (C=O) groups is 2. The van der Waals surface area contributed by atoms with Crippen molar-refractivity contribution >= 4 is 11.9 Å². The molecule has 4 heteroatoms. The Labute approximate surface area is 224 Å². The van der Waals surface area contributed by atoms with Crippen LogP contribution in [-0.4, -0.2) is 23.7 Å². The van der Waals surface area contributed by atoms with Gasteiger partial charge in [-0.2, -0.15) is 0 Å². The molecule has 0 bridgehead atoms. The van der Waals surface area contributed by atoms with Gasteiger partial charge >= 0.3 is 11.9 Å². The van der Waals surface area contributed by atoms with Gasteiger partial charge in [-0.15, -0.1) is 0 Å². The molecule has 0 aliphatic carbocycles. The second-order valence-corrected chi connectivity index (χ2v) is 10.7.